The van der Waals surface area contributed by atoms with Crippen molar-refractivity contribution in [3.63, 3.8) is 0 Å². The minimum absolute atomic E-state index is 0.154. The Morgan fingerprint density at radius 2 is 2.10 bits per heavy atom. The van der Waals surface area contributed by atoms with Crippen LogP contribution in [0.25, 0.3) is 0 Å². The van der Waals surface area contributed by atoms with Crippen LogP contribution >= 0.6 is 15.9 Å². The van der Waals surface area contributed by atoms with E-state index in [1.54, 1.807) is 0 Å². The van der Waals surface area contributed by atoms with Crippen LogP contribution in [0.2, 0.25) is 0 Å². The highest BCUT2D eigenvalue weighted by atomic mass is 79.9. The van der Waals surface area contributed by atoms with E-state index in [2.05, 4.69) is 46.9 Å². The topological polar surface area (TPSA) is 15.3 Å². The number of hydrogen-bond acceptors (Lipinski definition) is 2. The van der Waals surface area contributed by atoms with Gasteiger partial charge in [-0.1, -0.05) is 13.8 Å². The average Bonchev–Trinajstić information content (AvgIpc) is 2.42. The molecule has 2 rings (SSSR count). The average molecular weight is 361 g/mol. The summed E-state index contributed by atoms with van der Waals surface area (Å²) >= 11 is 3.13. The molecule has 118 valence electrons. The van der Waals surface area contributed by atoms with Gasteiger partial charge in [-0.2, -0.15) is 0 Å². The lowest BCUT2D eigenvalue weighted by Crippen LogP contribution is -2.55. The lowest BCUT2D eigenvalue weighted by molar-refractivity contribution is 0.122. The van der Waals surface area contributed by atoms with E-state index in [4.69, 9.17) is 0 Å². The fourth-order valence-electron chi connectivity index (χ4n) is 2.86. The van der Waals surface area contributed by atoms with E-state index in [9.17, 15) is 8.78 Å². The molecule has 5 heteroatoms. The fourth-order valence-corrected chi connectivity index (χ4v) is 3.23. The summed E-state index contributed by atoms with van der Waals surface area (Å²) in [5.41, 5.74) is 0.154. The van der Waals surface area contributed by atoms with Crippen LogP contribution in [0.4, 0.5) is 8.78 Å². The first kappa shape index (κ1) is 16.8. The molecule has 1 N–H and O–H groups in total. The molecular formula is C16H23BrF2N2. The van der Waals surface area contributed by atoms with E-state index in [1.807, 2.05) is 0 Å². The monoisotopic (exact) mass is 360 g/mol. The maximum Gasteiger partial charge on any atom is 0.144 e. The highest BCUT2D eigenvalue weighted by Gasteiger charge is 2.27. The van der Waals surface area contributed by atoms with Gasteiger partial charge in [0.05, 0.1) is 4.47 Å². The van der Waals surface area contributed by atoms with Crippen molar-refractivity contribution in [3.8, 4) is 0 Å². The number of benzene rings is 1. The Hall–Kier alpha value is -0.520. The van der Waals surface area contributed by atoms with Gasteiger partial charge in [0.2, 0.25) is 0 Å². The Morgan fingerprint density at radius 1 is 1.38 bits per heavy atom. The van der Waals surface area contributed by atoms with Crippen molar-refractivity contribution in [2.24, 2.45) is 5.92 Å². The van der Waals surface area contributed by atoms with Crippen LogP contribution in [0, 0.1) is 17.6 Å². The van der Waals surface area contributed by atoms with Gasteiger partial charge in [-0.05, 0) is 47.3 Å². The van der Waals surface area contributed by atoms with E-state index in [-0.39, 0.29) is 11.6 Å². The summed E-state index contributed by atoms with van der Waals surface area (Å²) in [7, 11) is 0. The Bertz CT molecular complexity index is 493. The van der Waals surface area contributed by atoms with Gasteiger partial charge in [0.1, 0.15) is 11.6 Å². The molecule has 0 spiro atoms. The van der Waals surface area contributed by atoms with E-state index in [0.717, 1.165) is 19.5 Å². The van der Waals surface area contributed by atoms with Gasteiger partial charge >= 0.3 is 0 Å². The molecule has 1 saturated heterocycles. The van der Waals surface area contributed by atoms with E-state index in [0.29, 0.717) is 23.0 Å². The highest BCUT2D eigenvalue weighted by molar-refractivity contribution is 9.10. The van der Waals surface area contributed by atoms with Gasteiger partial charge in [-0.15, -0.1) is 0 Å². The quantitative estimate of drug-likeness (QED) is 0.818. The minimum Gasteiger partial charge on any atom is -0.311 e. The summed E-state index contributed by atoms with van der Waals surface area (Å²) in [6.45, 7) is 8.47. The molecule has 2 unspecified atom stereocenters. The Labute approximate surface area is 134 Å². The van der Waals surface area contributed by atoms with Gasteiger partial charge in [-0.25, -0.2) is 8.78 Å². The molecule has 1 heterocycles. The van der Waals surface area contributed by atoms with Gasteiger partial charge in [0.25, 0.3) is 0 Å². The number of rotatable bonds is 4. The number of halogens is 3. The Balaban J connectivity index is 2.12. The predicted octanol–water partition coefficient (Wildman–Crippen LogP) is 3.94. The lowest BCUT2D eigenvalue weighted by Gasteiger charge is -2.39. The van der Waals surface area contributed by atoms with E-state index < -0.39 is 11.6 Å². The molecule has 0 aliphatic carbocycles. The first-order valence-electron chi connectivity index (χ1n) is 7.48. The summed E-state index contributed by atoms with van der Waals surface area (Å²) in [6.07, 6.45) is 1.08. The zero-order chi connectivity index (χ0) is 15.6. The van der Waals surface area contributed by atoms with Crippen LogP contribution in [0.1, 0.15) is 32.8 Å². The highest BCUT2D eigenvalue weighted by Crippen LogP contribution is 2.24. The van der Waals surface area contributed by atoms with Crippen molar-refractivity contribution in [2.75, 3.05) is 13.1 Å². The molecule has 1 aliphatic heterocycles. The zero-order valence-electron chi connectivity index (χ0n) is 12.8. The maximum absolute atomic E-state index is 14.1. The van der Waals surface area contributed by atoms with Gasteiger partial charge in [-0.3, -0.25) is 4.90 Å². The normalized spacial score (nSPS) is 23.8. The van der Waals surface area contributed by atoms with Crippen LogP contribution in [0.3, 0.4) is 0 Å². The van der Waals surface area contributed by atoms with Crippen LogP contribution in [-0.2, 0) is 6.54 Å². The standard InChI is InChI=1S/C16H23BrF2N2/c1-10(2)6-12-8-21(11(3)7-20-12)9-13-15(18)5-4-14(17)16(13)19/h4-5,10-12,20H,6-9H2,1-3H3. The smallest absolute Gasteiger partial charge is 0.144 e. The van der Waals surface area contributed by atoms with Crippen LogP contribution in [0.5, 0.6) is 0 Å². The second-order valence-electron chi connectivity index (χ2n) is 6.33. The van der Waals surface area contributed by atoms with Crippen LogP contribution in [0.15, 0.2) is 16.6 Å². The second-order valence-corrected chi connectivity index (χ2v) is 7.19. The molecule has 1 aliphatic rings. The minimum atomic E-state index is -0.485. The fraction of sp³-hybridized carbons (Fsp3) is 0.625. The molecule has 2 nitrogen and oxygen atoms in total. The number of nitrogens with zero attached hydrogens (tertiary/aromatic N) is 1. The summed E-state index contributed by atoms with van der Waals surface area (Å²) in [6, 6.07) is 3.39. The molecule has 0 radical (unpaired) electrons. The maximum atomic E-state index is 14.1. The van der Waals surface area contributed by atoms with Crippen molar-refractivity contribution in [1.29, 1.82) is 0 Å². The van der Waals surface area contributed by atoms with Gasteiger partial charge < -0.3 is 5.32 Å². The van der Waals surface area contributed by atoms with E-state index in [1.165, 1.54) is 12.1 Å². The third-order valence-corrected chi connectivity index (χ3v) is 4.65. The first-order chi connectivity index (χ1) is 9.88. The van der Waals surface area contributed by atoms with Crippen molar-refractivity contribution >= 4 is 15.9 Å². The number of nitrogens with one attached hydrogen (secondary N) is 1. The number of piperazine rings is 1. The Kier molecular flexibility index (Phi) is 5.74. The third kappa shape index (κ3) is 4.24. The van der Waals surface area contributed by atoms with Crippen molar-refractivity contribution in [1.82, 2.24) is 10.2 Å². The Morgan fingerprint density at radius 3 is 2.76 bits per heavy atom. The molecule has 1 fully saturated rings. The molecule has 21 heavy (non-hydrogen) atoms. The van der Waals surface area contributed by atoms with Crippen molar-refractivity contribution in [3.05, 3.63) is 33.8 Å². The molecule has 1 aromatic carbocycles. The third-order valence-electron chi connectivity index (χ3n) is 4.04. The van der Waals surface area contributed by atoms with Gasteiger partial charge in [0.15, 0.2) is 0 Å². The summed E-state index contributed by atoms with van der Waals surface area (Å²) in [5.74, 6) is -0.347. The summed E-state index contributed by atoms with van der Waals surface area (Å²) < 4.78 is 28.4. The number of hydrogen-bond donors (Lipinski definition) is 1. The second kappa shape index (κ2) is 7.16. The summed E-state index contributed by atoms with van der Waals surface area (Å²) in [4.78, 5) is 2.16. The molecule has 0 saturated carbocycles. The summed E-state index contributed by atoms with van der Waals surface area (Å²) in [5, 5.41) is 3.52. The predicted molar refractivity (Wildman–Crippen MR) is 85.2 cm³/mol. The van der Waals surface area contributed by atoms with Crippen LogP contribution < -0.4 is 5.32 Å². The molecule has 1 aromatic rings. The zero-order valence-corrected chi connectivity index (χ0v) is 14.4. The lowest BCUT2D eigenvalue weighted by atomic mass is 9.99. The SMILES string of the molecule is CC(C)CC1CN(Cc2c(F)ccc(Br)c2F)C(C)CN1. The van der Waals surface area contributed by atoms with Crippen molar-refractivity contribution < 1.29 is 8.78 Å². The van der Waals surface area contributed by atoms with Gasteiger partial charge in [0, 0.05) is 37.3 Å². The van der Waals surface area contributed by atoms with Crippen LogP contribution in [-0.4, -0.2) is 30.1 Å². The largest absolute Gasteiger partial charge is 0.311 e. The molecule has 0 bridgehead atoms. The van der Waals surface area contributed by atoms with Crippen molar-refractivity contribution in [2.45, 2.75) is 45.8 Å². The molecule has 0 amide bonds. The first-order valence-corrected chi connectivity index (χ1v) is 8.27. The van der Waals surface area contributed by atoms with E-state index >= 15 is 0 Å². The molecule has 2 atom stereocenters. The molecule has 0 aromatic heterocycles. The molecular weight excluding hydrogens is 338 g/mol.